The normalized spacial score (nSPS) is 32.7. The van der Waals surface area contributed by atoms with Crippen molar-refractivity contribution in [2.75, 3.05) is 27.6 Å². The van der Waals surface area contributed by atoms with Crippen molar-refractivity contribution in [2.24, 2.45) is 11.8 Å². The quantitative estimate of drug-likeness (QED) is 0.487. The van der Waals surface area contributed by atoms with E-state index in [4.69, 9.17) is 23.3 Å². The highest BCUT2D eigenvalue weighted by Crippen LogP contribution is 2.67. The van der Waals surface area contributed by atoms with Gasteiger partial charge in [-0.25, -0.2) is 0 Å². The second-order valence-corrected chi connectivity index (χ2v) is 10.2. The molecule has 1 aromatic rings. The van der Waals surface area contributed by atoms with Gasteiger partial charge in [-0.3, -0.25) is 14.2 Å². The van der Waals surface area contributed by atoms with Crippen LogP contribution in [0.5, 0.6) is 11.5 Å². The largest absolute Gasteiger partial charge is 0.481 e. The van der Waals surface area contributed by atoms with Gasteiger partial charge in [0.2, 0.25) is 12.7 Å². The molecule has 1 amide bonds. The number of carbonyl (C=O) groups excluding carboxylic acids is 1. The van der Waals surface area contributed by atoms with Crippen LogP contribution in [-0.4, -0.2) is 66.9 Å². The van der Waals surface area contributed by atoms with Gasteiger partial charge >= 0.3 is 13.6 Å². The molecule has 2 bridgehead atoms. The van der Waals surface area contributed by atoms with Gasteiger partial charge in [0.15, 0.2) is 17.3 Å². The predicted octanol–water partition coefficient (Wildman–Crippen LogP) is 1.64. The molecule has 11 heteroatoms. The monoisotopic (exact) mass is 451 g/mol. The van der Waals surface area contributed by atoms with Gasteiger partial charge in [0.05, 0.1) is 12.0 Å². The summed E-state index contributed by atoms with van der Waals surface area (Å²) < 4.78 is 40.8. The minimum atomic E-state index is -3.85. The molecule has 2 fully saturated rings. The molecular weight excluding hydrogens is 429 g/mol. The van der Waals surface area contributed by atoms with E-state index in [-0.39, 0.29) is 13.3 Å². The summed E-state index contributed by atoms with van der Waals surface area (Å²) in [5.74, 6) is -3.44. The fraction of sp³-hybridized carbons (Fsp3) is 0.500. The molecule has 0 saturated carbocycles. The third kappa shape index (κ3) is 2.79. The standard InChI is InChI=1S/C20H22NO9P/c1-26-31(25,27-2)19-20-7-5-13(30-20)15(18(23)24)16(20)17(22)21(19)8-6-11-3-4-12-14(9-11)29-10-28-12/h3-5,7,9,13,15-16,19H,6,8,10H2,1-2H3,(H,23,24)/t13-,15-,16+,19?,20+/m0/s1. The minimum absolute atomic E-state index is 0.155. The Labute approximate surface area is 178 Å². The second kappa shape index (κ2) is 7.06. The molecule has 0 aliphatic carbocycles. The van der Waals surface area contributed by atoms with E-state index in [1.807, 2.05) is 12.1 Å². The average Bonchev–Trinajstić information content (AvgIpc) is 3.51. The molecule has 1 aromatic carbocycles. The van der Waals surface area contributed by atoms with Gasteiger partial charge in [-0.15, -0.1) is 0 Å². The molecule has 10 nitrogen and oxygen atoms in total. The number of fused-ring (bicyclic) bond motifs is 2. The molecule has 31 heavy (non-hydrogen) atoms. The second-order valence-electron chi connectivity index (χ2n) is 7.88. The number of hydrogen-bond acceptors (Lipinski definition) is 8. The number of aliphatic carboxylic acids is 1. The van der Waals surface area contributed by atoms with E-state index < -0.39 is 48.8 Å². The van der Waals surface area contributed by atoms with Crippen molar-refractivity contribution in [1.82, 2.24) is 4.90 Å². The molecule has 1 N–H and O–H groups in total. The maximum Gasteiger partial charge on any atom is 0.355 e. The number of carboxylic acid groups (broad SMARTS) is 1. The number of amides is 1. The Morgan fingerprint density at radius 1 is 1.29 bits per heavy atom. The zero-order valence-corrected chi connectivity index (χ0v) is 17.8. The van der Waals surface area contributed by atoms with E-state index in [9.17, 15) is 19.3 Å². The number of carbonyl (C=O) groups is 2. The third-order valence-electron chi connectivity index (χ3n) is 6.51. The zero-order chi connectivity index (χ0) is 22.0. The number of rotatable bonds is 7. The van der Waals surface area contributed by atoms with E-state index in [0.717, 1.165) is 5.56 Å². The summed E-state index contributed by atoms with van der Waals surface area (Å²) in [5, 5.41) is 9.74. The SMILES string of the molecule is COP(=O)(OC)C1N(CCc2ccc3c(c2)OCO3)C(=O)[C@H]2[C@@H](C(=O)O)[C@@H]3C=C[C@]12O3. The lowest BCUT2D eigenvalue weighted by Gasteiger charge is -2.36. The van der Waals surface area contributed by atoms with E-state index in [2.05, 4.69) is 0 Å². The molecule has 166 valence electrons. The molecule has 0 aromatic heterocycles. The van der Waals surface area contributed by atoms with Crippen molar-refractivity contribution >= 4 is 19.5 Å². The third-order valence-corrected chi connectivity index (χ3v) is 8.80. The van der Waals surface area contributed by atoms with Crippen molar-refractivity contribution in [1.29, 1.82) is 0 Å². The fourth-order valence-corrected chi connectivity index (χ4v) is 7.07. The highest BCUT2D eigenvalue weighted by molar-refractivity contribution is 7.54. The molecule has 5 atom stereocenters. The number of ether oxygens (including phenoxy) is 3. The Kier molecular flexibility index (Phi) is 4.67. The number of nitrogens with zero attached hydrogens (tertiary/aromatic N) is 1. The Bertz CT molecular complexity index is 1020. The molecule has 4 aliphatic rings. The summed E-state index contributed by atoms with van der Waals surface area (Å²) in [4.78, 5) is 26.8. The number of likely N-dealkylation sites (tertiary alicyclic amines) is 1. The van der Waals surface area contributed by atoms with Crippen LogP contribution in [0.1, 0.15) is 5.56 Å². The molecule has 4 aliphatic heterocycles. The molecule has 5 rings (SSSR count). The maximum absolute atomic E-state index is 13.5. The highest BCUT2D eigenvalue weighted by atomic mass is 31.2. The zero-order valence-electron chi connectivity index (χ0n) is 16.9. The van der Waals surface area contributed by atoms with Crippen molar-refractivity contribution in [3.8, 4) is 11.5 Å². The van der Waals surface area contributed by atoms with Gasteiger partial charge < -0.3 is 33.3 Å². The number of carboxylic acids is 1. The van der Waals surface area contributed by atoms with Gasteiger partial charge in [0.25, 0.3) is 0 Å². The molecule has 0 radical (unpaired) electrons. The van der Waals surface area contributed by atoms with Crippen molar-refractivity contribution in [2.45, 2.75) is 23.9 Å². The molecule has 4 heterocycles. The first-order valence-corrected chi connectivity index (χ1v) is 11.5. The van der Waals surface area contributed by atoms with Crippen LogP contribution in [0.2, 0.25) is 0 Å². The van der Waals surface area contributed by atoms with Crippen molar-refractivity contribution in [3.05, 3.63) is 35.9 Å². The average molecular weight is 451 g/mol. The molecular formula is C20H22NO9P. The first-order valence-electron chi connectivity index (χ1n) is 9.85. The predicted molar refractivity (Wildman–Crippen MR) is 105 cm³/mol. The van der Waals surface area contributed by atoms with E-state index in [1.165, 1.54) is 19.1 Å². The van der Waals surface area contributed by atoms with Gasteiger partial charge in [-0.1, -0.05) is 18.2 Å². The lowest BCUT2D eigenvalue weighted by atomic mass is 9.77. The Balaban J connectivity index is 1.49. The number of hydrogen-bond donors (Lipinski definition) is 1. The van der Waals surface area contributed by atoms with Crippen LogP contribution in [0.25, 0.3) is 0 Å². The topological polar surface area (TPSA) is 121 Å². The van der Waals surface area contributed by atoms with Gasteiger partial charge in [0.1, 0.15) is 11.5 Å². The maximum atomic E-state index is 13.5. The smallest absolute Gasteiger partial charge is 0.355 e. The van der Waals surface area contributed by atoms with Crippen LogP contribution in [-0.2, 0) is 34.4 Å². The van der Waals surface area contributed by atoms with Gasteiger partial charge in [-0.05, 0) is 24.1 Å². The van der Waals surface area contributed by atoms with E-state index in [1.54, 1.807) is 18.2 Å². The van der Waals surface area contributed by atoms with Crippen LogP contribution in [0.4, 0.5) is 0 Å². The summed E-state index contributed by atoms with van der Waals surface area (Å²) in [6, 6.07) is 5.47. The first kappa shape index (κ1) is 20.5. The molecule has 1 unspecified atom stereocenters. The van der Waals surface area contributed by atoms with E-state index >= 15 is 0 Å². The Morgan fingerprint density at radius 3 is 2.74 bits per heavy atom. The fourth-order valence-electron chi connectivity index (χ4n) is 5.15. The van der Waals surface area contributed by atoms with Crippen LogP contribution in [0.3, 0.4) is 0 Å². The summed E-state index contributed by atoms with van der Waals surface area (Å²) in [6.45, 7) is 0.328. The number of benzene rings is 1. The first-order chi connectivity index (χ1) is 14.8. The van der Waals surface area contributed by atoms with Crippen molar-refractivity contribution in [3.63, 3.8) is 0 Å². The van der Waals surface area contributed by atoms with Crippen LogP contribution < -0.4 is 9.47 Å². The van der Waals surface area contributed by atoms with Gasteiger partial charge in [-0.2, -0.15) is 0 Å². The lowest BCUT2D eigenvalue weighted by molar-refractivity contribution is -0.148. The minimum Gasteiger partial charge on any atom is -0.481 e. The lowest BCUT2D eigenvalue weighted by Crippen LogP contribution is -2.46. The Morgan fingerprint density at radius 2 is 2.03 bits per heavy atom. The Hall–Kier alpha value is -2.39. The summed E-state index contributed by atoms with van der Waals surface area (Å²) in [5.41, 5.74) is -0.494. The van der Waals surface area contributed by atoms with Crippen LogP contribution >= 0.6 is 7.60 Å². The van der Waals surface area contributed by atoms with Crippen LogP contribution in [0.15, 0.2) is 30.4 Å². The van der Waals surface area contributed by atoms with Crippen molar-refractivity contribution < 1.29 is 42.5 Å². The van der Waals surface area contributed by atoms with Gasteiger partial charge in [0, 0.05) is 20.8 Å². The summed E-state index contributed by atoms with van der Waals surface area (Å²) >= 11 is 0. The molecule has 2 saturated heterocycles. The van der Waals surface area contributed by atoms with Crippen LogP contribution in [0, 0.1) is 11.8 Å². The molecule has 1 spiro atoms. The summed E-state index contributed by atoms with van der Waals surface area (Å²) in [7, 11) is -1.36. The van der Waals surface area contributed by atoms with E-state index in [0.29, 0.717) is 17.9 Å². The highest BCUT2D eigenvalue weighted by Gasteiger charge is 2.75. The summed E-state index contributed by atoms with van der Waals surface area (Å²) in [6.07, 6.45) is 2.93.